The Morgan fingerprint density at radius 3 is 1.09 bits per heavy atom. The predicted octanol–water partition coefficient (Wildman–Crippen LogP) is 13.1. The SMILES string of the molecule is CCCCCCCCCCCCC(CCCCCCCCCCCC)(Cc1cc(C(C)(C)C)c(O)c(C(C)(C)C)c1)P(=O)(O)O. The van der Waals surface area contributed by atoms with E-state index >= 15 is 0 Å². The molecule has 0 saturated carbocycles. The van der Waals surface area contributed by atoms with Gasteiger partial charge in [0.05, 0.1) is 5.16 Å². The second kappa shape index (κ2) is 21.2. The van der Waals surface area contributed by atoms with Gasteiger partial charge < -0.3 is 14.9 Å². The van der Waals surface area contributed by atoms with Gasteiger partial charge in [0.25, 0.3) is 0 Å². The Kier molecular flexibility index (Phi) is 19.9. The van der Waals surface area contributed by atoms with Crippen LogP contribution in [0.25, 0.3) is 0 Å². The monoisotopic (exact) mass is 651 g/mol. The Morgan fingerprint density at radius 2 is 0.822 bits per heavy atom. The summed E-state index contributed by atoms with van der Waals surface area (Å²) in [4.78, 5) is 22.1. The van der Waals surface area contributed by atoms with Crippen molar-refractivity contribution in [3.8, 4) is 5.75 Å². The molecular formula is C40H75O4P. The maximum absolute atomic E-state index is 13.5. The van der Waals surface area contributed by atoms with Crippen LogP contribution in [-0.4, -0.2) is 20.0 Å². The summed E-state index contributed by atoms with van der Waals surface area (Å²) in [6, 6.07) is 4.07. The van der Waals surface area contributed by atoms with Crippen LogP contribution in [0.3, 0.4) is 0 Å². The molecule has 1 aromatic carbocycles. The summed E-state index contributed by atoms with van der Waals surface area (Å²) >= 11 is 0. The molecule has 0 aliphatic rings. The van der Waals surface area contributed by atoms with Gasteiger partial charge in [0.2, 0.25) is 0 Å². The third-order valence-electron chi connectivity index (χ3n) is 9.93. The molecule has 0 amide bonds. The van der Waals surface area contributed by atoms with Crippen LogP contribution in [-0.2, 0) is 21.8 Å². The van der Waals surface area contributed by atoms with Crippen molar-refractivity contribution in [2.24, 2.45) is 0 Å². The zero-order chi connectivity index (χ0) is 34.0. The van der Waals surface area contributed by atoms with Crippen LogP contribution in [0, 0.1) is 0 Å². The average molecular weight is 651 g/mol. The molecule has 1 rings (SSSR count). The summed E-state index contributed by atoms with van der Waals surface area (Å²) in [5.41, 5.74) is 2.12. The summed E-state index contributed by atoms with van der Waals surface area (Å²) in [6.07, 6.45) is 25.7. The molecule has 5 heteroatoms. The van der Waals surface area contributed by atoms with Gasteiger partial charge in [0.1, 0.15) is 5.75 Å². The molecule has 0 radical (unpaired) electrons. The maximum Gasteiger partial charge on any atom is 0.331 e. The Bertz CT molecular complexity index is 906. The van der Waals surface area contributed by atoms with Crippen molar-refractivity contribution in [1.82, 2.24) is 0 Å². The molecule has 0 bridgehead atoms. The fraction of sp³-hybridized carbons (Fsp3) is 0.850. The van der Waals surface area contributed by atoms with Crippen LogP contribution in [0.4, 0.5) is 0 Å². The van der Waals surface area contributed by atoms with Crippen molar-refractivity contribution >= 4 is 7.60 Å². The minimum Gasteiger partial charge on any atom is -0.507 e. The first-order chi connectivity index (χ1) is 21.1. The molecule has 1 aromatic rings. The van der Waals surface area contributed by atoms with Gasteiger partial charge in [-0.2, -0.15) is 0 Å². The Hall–Kier alpha value is -0.830. The highest BCUT2D eigenvalue weighted by Gasteiger charge is 2.46. The Morgan fingerprint density at radius 1 is 0.533 bits per heavy atom. The predicted molar refractivity (Wildman–Crippen MR) is 197 cm³/mol. The van der Waals surface area contributed by atoms with E-state index in [-0.39, 0.29) is 10.8 Å². The number of hydrogen-bond acceptors (Lipinski definition) is 2. The van der Waals surface area contributed by atoms with Gasteiger partial charge in [-0.1, -0.05) is 196 Å². The van der Waals surface area contributed by atoms with E-state index in [9.17, 15) is 19.5 Å². The minimum atomic E-state index is -4.41. The molecule has 0 spiro atoms. The molecule has 0 aliphatic heterocycles. The normalized spacial score (nSPS) is 13.1. The zero-order valence-electron chi connectivity index (χ0n) is 31.1. The van der Waals surface area contributed by atoms with Gasteiger partial charge in [-0.25, -0.2) is 0 Å². The molecule has 0 atom stereocenters. The van der Waals surface area contributed by atoms with Gasteiger partial charge in [0, 0.05) is 0 Å². The zero-order valence-corrected chi connectivity index (χ0v) is 32.0. The lowest BCUT2D eigenvalue weighted by molar-refractivity contribution is 0.293. The quantitative estimate of drug-likeness (QED) is 0.0727. The second-order valence-electron chi connectivity index (χ2n) is 16.3. The van der Waals surface area contributed by atoms with Crippen LogP contribution in [0.2, 0.25) is 0 Å². The summed E-state index contributed by atoms with van der Waals surface area (Å²) in [5.74, 6) is 0.324. The van der Waals surface area contributed by atoms with E-state index in [0.717, 1.165) is 55.2 Å². The fourth-order valence-electron chi connectivity index (χ4n) is 6.90. The fourth-order valence-corrected chi connectivity index (χ4v) is 8.19. The molecule has 45 heavy (non-hydrogen) atoms. The number of hydrogen-bond donors (Lipinski definition) is 3. The van der Waals surface area contributed by atoms with Crippen molar-refractivity contribution in [1.29, 1.82) is 0 Å². The molecule has 0 saturated heterocycles. The Balaban J connectivity index is 3.09. The molecule has 0 fully saturated rings. The van der Waals surface area contributed by atoms with Crippen LogP contribution in [0.15, 0.2) is 12.1 Å². The number of phenolic OH excluding ortho intramolecular Hbond substituents is 1. The number of aromatic hydroxyl groups is 1. The van der Waals surface area contributed by atoms with Crippen LogP contribution in [0.5, 0.6) is 5.75 Å². The molecule has 0 heterocycles. The lowest BCUT2D eigenvalue weighted by atomic mass is 9.77. The molecule has 3 N–H and O–H groups in total. The van der Waals surface area contributed by atoms with E-state index in [4.69, 9.17) is 0 Å². The van der Waals surface area contributed by atoms with Crippen LogP contribution in [0.1, 0.15) is 213 Å². The summed E-state index contributed by atoms with van der Waals surface area (Å²) in [6.45, 7) is 17.1. The second-order valence-corrected chi connectivity index (χ2v) is 18.4. The highest BCUT2D eigenvalue weighted by molar-refractivity contribution is 7.53. The molecule has 0 aliphatic carbocycles. The summed E-state index contributed by atoms with van der Waals surface area (Å²) in [5, 5.41) is 10.2. The van der Waals surface area contributed by atoms with Crippen LogP contribution >= 0.6 is 7.60 Å². The molecule has 0 unspecified atom stereocenters. The number of phenols is 1. The maximum atomic E-state index is 13.5. The van der Waals surface area contributed by atoms with Gasteiger partial charge in [-0.15, -0.1) is 0 Å². The first kappa shape index (κ1) is 42.2. The molecule has 4 nitrogen and oxygen atoms in total. The lowest BCUT2D eigenvalue weighted by Gasteiger charge is -2.36. The van der Waals surface area contributed by atoms with E-state index in [1.165, 1.54) is 89.9 Å². The highest BCUT2D eigenvalue weighted by atomic mass is 31.2. The summed E-state index contributed by atoms with van der Waals surface area (Å²) < 4.78 is 13.5. The number of unbranched alkanes of at least 4 members (excludes halogenated alkanes) is 18. The van der Waals surface area contributed by atoms with E-state index in [1.807, 2.05) is 12.1 Å². The van der Waals surface area contributed by atoms with Crippen LogP contribution < -0.4 is 0 Å². The van der Waals surface area contributed by atoms with Crippen molar-refractivity contribution in [3.63, 3.8) is 0 Å². The van der Waals surface area contributed by atoms with Gasteiger partial charge >= 0.3 is 7.60 Å². The van der Waals surface area contributed by atoms with E-state index in [1.54, 1.807) is 0 Å². The van der Waals surface area contributed by atoms with Crippen molar-refractivity contribution in [2.75, 3.05) is 0 Å². The van der Waals surface area contributed by atoms with Crippen molar-refractivity contribution in [3.05, 3.63) is 28.8 Å². The van der Waals surface area contributed by atoms with Gasteiger partial charge in [-0.3, -0.25) is 4.57 Å². The topological polar surface area (TPSA) is 77.8 Å². The van der Waals surface area contributed by atoms with Crippen molar-refractivity contribution < 1.29 is 19.5 Å². The average Bonchev–Trinajstić information content (AvgIpc) is 2.93. The Labute approximate surface area is 280 Å². The number of rotatable bonds is 25. The largest absolute Gasteiger partial charge is 0.507 e. The van der Waals surface area contributed by atoms with E-state index < -0.39 is 12.8 Å². The minimum absolute atomic E-state index is 0.280. The van der Waals surface area contributed by atoms with Crippen molar-refractivity contribution in [2.45, 2.75) is 219 Å². The summed E-state index contributed by atoms with van der Waals surface area (Å²) in [7, 11) is -4.41. The van der Waals surface area contributed by atoms with Gasteiger partial charge in [-0.05, 0) is 46.8 Å². The van der Waals surface area contributed by atoms with E-state index in [0.29, 0.717) is 25.0 Å². The first-order valence-corrected chi connectivity index (χ1v) is 20.6. The number of benzene rings is 1. The molecular weight excluding hydrogens is 575 g/mol. The lowest BCUT2D eigenvalue weighted by Crippen LogP contribution is -2.32. The first-order valence-electron chi connectivity index (χ1n) is 19.0. The third kappa shape index (κ3) is 16.2. The molecule has 0 aromatic heterocycles. The standard InChI is InChI=1S/C40H75O4P/c1-9-11-13-15-17-19-21-23-25-27-29-40(45(42,43)44,30-28-26-24-22-20-18-16-14-12-10-2)33-34-31-35(38(3,4)5)37(41)36(32-34)39(6,7)8/h31-32,41H,9-30,33H2,1-8H3,(H2,42,43,44). The smallest absolute Gasteiger partial charge is 0.331 e. The van der Waals surface area contributed by atoms with E-state index in [2.05, 4.69) is 55.4 Å². The highest BCUT2D eigenvalue weighted by Crippen LogP contribution is 2.58. The third-order valence-corrected chi connectivity index (χ3v) is 11.8. The molecule has 264 valence electrons. The van der Waals surface area contributed by atoms with Gasteiger partial charge in [0.15, 0.2) is 0 Å².